The van der Waals surface area contributed by atoms with E-state index in [-0.39, 0.29) is 18.8 Å². The van der Waals surface area contributed by atoms with E-state index in [0.717, 1.165) is 5.56 Å². The van der Waals surface area contributed by atoms with Crippen molar-refractivity contribution in [2.24, 2.45) is 0 Å². The van der Waals surface area contributed by atoms with Crippen LogP contribution in [0.15, 0.2) is 76.1 Å². The molecule has 0 bridgehead atoms. The number of aliphatic hydroxyl groups excluding tert-OH is 2. The Morgan fingerprint density at radius 2 is 1.85 bits per heavy atom. The lowest BCUT2D eigenvalue weighted by molar-refractivity contribution is -0.0810. The van der Waals surface area contributed by atoms with Gasteiger partial charge >= 0.3 is 5.69 Å². The van der Waals surface area contributed by atoms with Gasteiger partial charge in [0.15, 0.2) is 5.82 Å². The highest BCUT2D eigenvalue weighted by molar-refractivity contribution is 9.10. The van der Waals surface area contributed by atoms with E-state index in [9.17, 15) is 19.8 Å². The van der Waals surface area contributed by atoms with Crippen LogP contribution in [0.5, 0.6) is 0 Å². The first-order chi connectivity index (χ1) is 16.4. The number of fused-ring (bicyclic) bond motifs is 1. The molecule has 5 atom stereocenters. The van der Waals surface area contributed by atoms with E-state index in [2.05, 4.69) is 26.2 Å². The van der Waals surface area contributed by atoms with Crippen LogP contribution in [0.25, 0.3) is 0 Å². The highest BCUT2D eigenvalue weighted by atomic mass is 79.9. The van der Waals surface area contributed by atoms with Crippen LogP contribution in [0.2, 0.25) is 0 Å². The molecule has 0 aliphatic carbocycles. The molecule has 2 aromatic carbocycles. The van der Waals surface area contributed by atoms with Crippen LogP contribution in [-0.2, 0) is 15.1 Å². The van der Waals surface area contributed by atoms with Gasteiger partial charge in [0.05, 0.1) is 11.1 Å². The average Bonchev–Trinajstić information content (AvgIpc) is 3.37. The number of rotatable bonds is 5. The molecule has 2 fully saturated rings. The average molecular weight is 528 g/mol. The van der Waals surface area contributed by atoms with Gasteiger partial charge in [-0.1, -0.05) is 48.5 Å². The summed E-state index contributed by atoms with van der Waals surface area (Å²) in [6, 6.07) is 17.9. The minimum Gasteiger partial charge on any atom is -0.394 e. The maximum absolute atomic E-state index is 12.9. The Labute approximate surface area is 203 Å². The van der Waals surface area contributed by atoms with Crippen LogP contribution >= 0.6 is 15.9 Å². The van der Waals surface area contributed by atoms with Crippen molar-refractivity contribution in [2.75, 3.05) is 11.9 Å². The number of nitrogens with zero attached hydrogens (tertiary/aromatic N) is 2. The third-order valence-corrected chi connectivity index (χ3v) is 6.80. The van der Waals surface area contributed by atoms with Crippen molar-refractivity contribution in [3.05, 3.63) is 92.9 Å². The predicted molar refractivity (Wildman–Crippen MR) is 125 cm³/mol. The molecule has 0 unspecified atom stereocenters. The molecular weight excluding hydrogens is 506 g/mol. The summed E-state index contributed by atoms with van der Waals surface area (Å²) in [4.78, 5) is 29.4. The van der Waals surface area contributed by atoms with Crippen molar-refractivity contribution >= 4 is 27.7 Å². The Balaban J connectivity index is 1.44. The van der Waals surface area contributed by atoms with Crippen LogP contribution in [0.1, 0.15) is 28.6 Å². The van der Waals surface area contributed by atoms with E-state index in [4.69, 9.17) is 9.47 Å². The molecule has 0 spiro atoms. The molecule has 2 aliphatic heterocycles. The van der Waals surface area contributed by atoms with Crippen LogP contribution in [0.3, 0.4) is 0 Å². The van der Waals surface area contributed by atoms with Crippen LogP contribution in [0, 0.1) is 0 Å². The molecule has 1 amide bonds. The fourth-order valence-corrected chi connectivity index (χ4v) is 5.01. The number of hydrogen-bond acceptors (Lipinski definition) is 7. The Hall–Kier alpha value is -2.89. The van der Waals surface area contributed by atoms with Gasteiger partial charge in [-0.15, -0.1) is 0 Å². The minimum absolute atomic E-state index is 0.0858. The number of ether oxygens (including phenoxy) is 2. The maximum Gasteiger partial charge on any atom is 0.351 e. The molecule has 10 heteroatoms. The van der Waals surface area contributed by atoms with Crippen molar-refractivity contribution < 1.29 is 24.5 Å². The Morgan fingerprint density at radius 3 is 2.53 bits per heavy atom. The van der Waals surface area contributed by atoms with E-state index in [0.29, 0.717) is 10.0 Å². The molecule has 34 heavy (non-hydrogen) atoms. The zero-order valence-corrected chi connectivity index (χ0v) is 19.5. The summed E-state index contributed by atoms with van der Waals surface area (Å²) in [5, 5.41) is 23.0. The molecule has 3 aromatic rings. The van der Waals surface area contributed by atoms with Gasteiger partial charge in [-0.3, -0.25) is 9.36 Å². The first-order valence-corrected chi connectivity index (χ1v) is 11.5. The lowest BCUT2D eigenvalue weighted by Crippen LogP contribution is -2.37. The molecule has 0 radical (unpaired) electrons. The summed E-state index contributed by atoms with van der Waals surface area (Å²) in [6.45, 7) is -0.358. The van der Waals surface area contributed by atoms with E-state index in [1.807, 2.05) is 30.3 Å². The van der Waals surface area contributed by atoms with Crippen LogP contribution in [0.4, 0.5) is 5.82 Å². The van der Waals surface area contributed by atoms with Gasteiger partial charge in [0.2, 0.25) is 0 Å². The van der Waals surface area contributed by atoms with Gasteiger partial charge in [0.25, 0.3) is 5.91 Å². The summed E-state index contributed by atoms with van der Waals surface area (Å²) in [7, 11) is 0. The zero-order valence-electron chi connectivity index (χ0n) is 17.9. The maximum atomic E-state index is 12.9. The Morgan fingerprint density at radius 1 is 1.18 bits per heavy atom. The van der Waals surface area contributed by atoms with Crippen molar-refractivity contribution in [1.29, 1.82) is 0 Å². The molecule has 2 saturated heterocycles. The minimum atomic E-state index is -1.08. The molecule has 3 N–H and O–H groups in total. The standard InChI is InChI=1S/C24H22BrN3O6/c25-16-12-28(23(32)27-21(16)26-22(31)14-7-3-1-4-8-14)18-11-24(15-9-5-2-6-10-15)20(33-18)19(30)17(13-29)34-24/h1-10,12,17-20,29-30H,11,13H2,(H,26,27,31,32)/t17-,18+,19-,20-,24+/m1/s1. The summed E-state index contributed by atoms with van der Waals surface area (Å²) >= 11 is 3.38. The van der Waals surface area contributed by atoms with Gasteiger partial charge in [-0.2, -0.15) is 4.98 Å². The molecule has 176 valence electrons. The number of carbonyl (C=O) groups excluding carboxylic acids is 1. The third-order valence-electron chi connectivity index (χ3n) is 6.22. The molecule has 5 rings (SSSR count). The van der Waals surface area contributed by atoms with Crippen LogP contribution in [-0.4, -0.2) is 50.6 Å². The van der Waals surface area contributed by atoms with E-state index < -0.39 is 41.7 Å². The number of hydrogen-bond donors (Lipinski definition) is 3. The van der Waals surface area contributed by atoms with E-state index in [1.165, 1.54) is 10.8 Å². The van der Waals surface area contributed by atoms with Gasteiger partial charge in [0, 0.05) is 18.2 Å². The third kappa shape index (κ3) is 3.87. The number of anilines is 1. The SMILES string of the molecule is O=C(Nc1nc(=O)n([C@@H]2C[C@@]3(c4ccccc4)O[C@H](CO)[C@@H](O)[C@H]3O2)cc1Br)c1ccccc1. The molecule has 3 heterocycles. The fraction of sp³-hybridized carbons (Fsp3) is 0.292. The van der Waals surface area contributed by atoms with Gasteiger partial charge in [-0.25, -0.2) is 4.79 Å². The monoisotopic (exact) mass is 527 g/mol. The molecular formula is C24H22BrN3O6. The second-order valence-corrected chi connectivity index (χ2v) is 9.10. The fourth-order valence-electron chi connectivity index (χ4n) is 4.60. The van der Waals surface area contributed by atoms with E-state index >= 15 is 0 Å². The Kier molecular flexibility index (Phi) is 6.09. The lowest BCUT2D eigenvalue weighted by Gasteiger charge is -2.28. The van der Waals surface area contributed by atoms with Crippen molar-refractivity contribution in [2.45, 2.75) is 36.6 Å². The van der Waals surface area contributed by atoms with Gasteiger partial charge in [0.1, 0.15) is 30.1 Å². The molecule has 9 nitrogen and oxygen atoms in total. The highest BCUT2D eigenvalue weighted by Crippen LogP contribution is 2.52. The highest BCUT2D eigenvalue weighted by Gasteiger charge is 2.62. The number of aromatic nitrogens is 2. The smallest absolute Gasteiger partial charge is 0.351 e. The number of amides is 1. The van der Waals surface area contributed by atoms with Crippen molar-refractivity contribution in [1.82, 2.24) is 9.55 Å². The summed E-state index contributed by atoms with van der Waals surface area (Å²) in [5.41, 5.74) is -0.454. The Bertz CT molecular complexity index is 1250. The van der Waals surface area contributed by atoms with Crippen molar-refractivity contribution in [3.8, 4) is 0 Å². The van der Waals surface area contributed by atoms with Gasteiger partial charge < -0.3 is 25.0 Å². The van der Waals surface area contributed by atoms with Crippen molar-refractivity contribution in [3.63, 3.8) is 0 Å². The summed E-state index contributed by atoms with van der Waals surface area (Å²) in [5.74, 6) is -0.310. The summed E-state index contributed by atoms with van der Waals surface area (Å²) in [6.07, 6.45) is -1.74. The topological polar surface area (TPSA) is 123 Å². The molecule has 1 aromatic heterocycles. The second-order valence-electron chi connectivity index (χ2n) is 8.25. The lowest BCUT2D eigenvalue weighted by atomic mass is 9.86. The quantitative estimate of drug-likeness (QED) is 0.464. The first kappa shape index (κ1) is 22.9. The first-order valence-electron chi connectivity index (χ1n) is 10.8. The number of halogens is 1. The normalized spacial score (nSPS) is 28.0. The van der Waals surface area contributed by atoms with Gasteiger partial charge in [-0.05, 0) is 33.6 Å². The van der Waals surface area contributed by atoms with E-state index in [1.54, 1.807) is 30.3 Å². The number of aliphatic hydroxyl groups is 2. The predicted octanol–water partition coefficient (Wildman–Crippen LogP) is 2.19. The van der Waals surface area contributed by atoms with Crippen LogP contribution < -0.4 is 11.0 Å². The summed E-state index contributed by atoms with van der Waals surface area (Å²) < 4.78 is 14.0. The zero-order chi connectivity index (χ0) is 23.9. The molecule has 2 aliphatic rings. The number of benzene rings is 2. The number of carbonyl (C=O) groups is 1. The second kappa shape index (κ2) is 9.05. The number of nitrogens with one attached hydrogen (secondary N) is 1. The largest absolute Gasteiger partial charge is 0.394 e. The molecule has 0 saturated carbocycles.